The molecule has 0 amide bonds. The van der Waals surface area contributed by atoms with E-state index in [1.165, 1.54) is 30.3 Å². The summed E-state index contributed by atoms with van der Waals surface area (Å²) in [7, 11) is 0. The maximum absolute atomic E-state index is 12.4. The van der Waals surface area contributed by atoms with E-state index in [0.717, 1.165) is 6.07 Å². The van der Waals surface area contributed by atoms with Crippen molar-refractivity contribution in [2.24, 2.45) is 4.99 Å². The number of cyclic esters (lactones) is 1. The molecule has 0 atom stereocenters. The number of hydrogen-bond donors (Lipinski definition) is 0. The number of carbonyl (C=O) groups is 1. The first kappa shape index (κ1) is 25.5. The molecule has 0 unspecified atom stereocenters. The van der Waals surface area contributed by atoms with E-state index in [9.17, 15) is 25.0 Å². The average Bonchev–Trinajstić information content (AvgIpc) is 3.18. The Kier molecular flexibility index (Phi) is 7.48. The molecule has 1 heterocycles. The topological polar surface area (TPSA) is 134 Å². The minimum Gasteiger partial charge on any atom is -0.487 e. The van der Waals surface area contributed by atoms with E-state index in [1.807, 2.05) is 0 Å². The Morgan fingerprint density at radius 3 is 2.31 bits per heavy atom. The summed E-state index contributed by atoms with van der Waals surface area (Å²) in [5.41, 5.74) is 1.22. The van der Waals surface area contributed by atoms with Crippen molar-refractivity contribution < 1.29 is 24.1 Å². The van der Waals surface area contributed by atoms with Gasteiger partial charge in [0.05, 0.1) is 29.4 Å². The second-order valence-corrected chi connectivity index (χ2v) is 9.40. The Morgan fingerprint density at radius 2 is 1.67 bits per heavy atom. The highest BCUT2D eigenvalue weighted by Gasteiger charge is 2.26. The van der Waals surface area contributed by atoms with Crippen LogP contribution in [0.15, 0.2) is 74.2 Å². The number of aliphatic imine (C=N–C) groups is 1. The summed E-state index contributed by atoms with van der Waals surface area (Å²) in [6, 6.07) is 13.3. The van der Waals surface area contributed by atoms with Crippen molar-refractivity contribution in [3.63, 3.8) is 0 Å². The quantitative estimate of drug-likeness (QED) is 0.123. The van der Waals surface area contributed by atoms with Gasteiger partial charge in [0.2, 0.25) is 5.90 Å². The lowest BCUT2D eigenvalue weighted by Gasteiger charge is -2.11. The Labute approximate surface area is 224 Å². The van der Waals surface area contributed by atoms with E-state index in [4.69, 9.17) is 21.1 Å². The standard InChI is InChI=1S/C23H12Br2ClN3O7/c24-17-7-13(8-18(25)21(17)35-11-12-2-1-3-14(6-12)28(31)32)9-20-23(30)36-22(27-20)16-5-4-15(29(33)34)10-19(16)26/h1-10H,11H2/b20-9-. The summed E-state index contributed by atoms with van der Waals surface area (Å²) in [5, 5.41) is 21.9. The summed E-state index contributed by atoms with van der Waals surface area (Å²) in [5.74, 6) is -0.321. The van der Waals surface area contributed by atoms with Crippen LogP contribution in [0.25, 0.3) is 6.08 Å². The van der Waals surface area contributed by atoms with Crippen molar-refractivity contribution in [2.75, 3.05) is 0 Å². The van der Waals surface area contributed by atoms with E-state index in [1.54, 1.807) is 24.3 Å². The van der Waals surface area contributed by atoms with Gasteiger partial charge in [-0.3, -0.25) is 20.2 Å². The summed E-state index contributed by atoms with van der Waals surface area (Å²) < 4.78 is 12.2. The van der Waals surface area contributed by atoms with Crippen LogP contribution in [0.2, 0.25) is 5.02 Å². The molecule has 3 aromatic carbocycles. The van der Waals surface area contributed by atoms with Crippen LogP contribution in [0.5, 0.6) is 5.75 Å². The zero-order chi connectivity index (χ0) is 26.0. The molecule has 1 aliphatic heterocycles. The number of rotatable bonds is 7. The maximum atomic E-state index is 12.4. The van der Waals surface area contributed by atoms with Gasteiger partial charge in [0, 0.05) is 24.3 Å². The third kappa shape index (κ3) is 5.61. The molecule has 182 valence electrons. The van der Waals surface area contributed by atoms with Crippen molar-refractivity contribution in [3.05, 3.63) is 111 Å². The fourth-order valence-corrected chi connectivity index (χ4v) is 4.90. The Balaban J connectivity index is 1.55. The third-order valence-corrected chi connectivity index (χ3v) is 6.33. The number of benzene rings is 3. The van der Waals surface area contributed by atoms with Crippen molar-refractivity contribution in [2.45, 2.75) is 6.61 Å². The van der Waals surface area contributed by atoms with Gasteiger partial charge < -0.3 is 9.47 Å². The molecule has 0 bridgehead atoms. The summed E-state index contributed by atoms with van der Waals surface area (Å²) in [4.78, 5) is 37.4. The van der Waals surface area contributed by atoms with Gasteiger partial charge >= 0.3 is 5.97 Å². The highest BCUT2D eigenvalue weighted by Crippen LogP contribution is 2.36. The first-order valence-electron chi connectivity index (χ1n) is 9.94. The number of halogens is 3. The molecule has 0 radical (unpaired) electrons. The molecular weight excluding hydrogens is 626 g/mol. The number of nitro benzene ring substituents is 2. The van der Waals surface area contributed by atoms with E-state index in [0.29, 0.717) is 25.8 Å². The number of nitro groups is 2. The molecule has 0 spiro atoms. The second-order valence-electron chi connectivity index (χ2n) is 7.29. The van der Waals surface area contributed by atoms with Crippen LogP contribution in [0.1, 0.15) is 16.7 Å². The van der Waals surface area contributed by atoms with Crippen LogP contribution >= 0.6 is 43.5 Å². The maximum Gasteiger partial charge on any atom is 0.363 e. The van der Waals surface area contributed by atoms with Crippen molar-refractivity contribution in [1.29, 1.82) is 0 Å². The normalized spacial score (nSPS) is 13.9. The van der Waals surface area contributed by atoms with Crippen molar-refractivity contribution >= 4 is 72.8 Å². The molecule has 0 fully saturated rings. The molecule has 0 aliphatic carbocycles. The van der Waals surface area contributed by atoms with E-state index >= 15 is 0 Å². The predicted octanol–water partition coefficient (Wildman–Crippen LogP) is 6.60. The minimum absolute atomic E-state index is 0.00322. The van der Waals surface area contributed by atoms with Gasteiger partial charge in [-0.05, 0) is 67.3 Å². The molecule has 0 saturated carbocycles. The van der Waals surface area contributed by atoms with E-state index in [2.05, 4.69) is 36.9 Å². The first-order valence-corrected chi connectivity index (χ1v) is 11.9. The fraction of sp³-hybridized carbons (Fsp3) is 0.0435. The largest absolute Gasteiger partial charge is 0.487 e. The highest BCUT2D eigenvalue weighted by atomic mass is 79.9. The lowest BCUT2D eigenvalue weighted by atomic mass is 10.2. The van der Waals surface area contributed by atoms with Crippen molar-refractivity contribution in [3.8, 4) is 5.75 Å². The van der Waals surface area contributed by atoms with Crippen LogP contribution in [0.3, 0.4) is 0 Å². The van der Waals surface area contributed by atoms with Gasteiger partial charge in [0.15, 0.2) is 5.70 Å². The van der Waals surface area contributed by atoms with Gasteiger partial charge in [0.1, 0.15) is 12.4 Å². The lowest BCUT2D eigenvalue weighted by molar-refractivity contribution is -0.385. The average molecular weight is 638 g/mol. The monoisotopic (exact) mass is 635 g/mol. The van der Waals surface area contributed by atoms with Crippen molar-refractivity contribution in [1.82, 2.24) is 0 Å². The number of nitrogens with zero attached hydrogens (tertiary/aromatic N) is 3. The molecular formula is C23H12Br2ClN3O7. The zero-order valence-electron chi connectivity index (χ0n) is 17.8. The van der Waals surface area contributed by atoms with Crippen LogP contribution in [-0.2, 0) is 16.1 Å². The van der Waals surface area contributed by atoms with E-state index < -0.39 is 15.8 Å². The molecule has 0 N–H and O–H groups in total. The number of carbonyl (C=O) groups excluding carboxylic acids is 1. The number of esters is 1. The number of non-ortho nitro benzene ring substituents is 2. The van der Waals surface area contributed by atoms with Gasteiger partial charge in [-0.1, -0.05) is 23.7 Å². The zero-order valence-corrected chi connectivity index (χ0v) is 21.7. The van der Waals surface area contributed by atoms with Gasteiger partial charge in [0.25, 0.3) is 11.4 Å². The minimum atomic E-state index is -0.710. The van der Waals surface area contributed by atoms with Gasteiger partial charge in [-0.25, -0.2) is 9.79 Å². The van der Waals surface area contributed by atoms with Crippen LogP contribution in [-0.4, -0.2) is 21.7 Å². The molecule has 36 heavy (non-hydrogen) atoms. The summed E-state index contributed by atoms with van der Waals surface area (Å²) in [6.45, 7) is 0.0926. The molecule has 0 aromatic heterocycles. The third-order valence-electron chi connectivity index (χ3n) is 4.84. The summed E-state index contributed by atoms with van der Waals surface area (Å²) >= 11 is 13.0. The molecule has 0 saturated heterocycles. The Bertz CT molecular complexity index is 1470. The van der Waals surface area contributed by atoms with Gasteiger partial charge in [-0.2, -0.15) is 0 Å². The lowest BCUT2D eigenvalue weighted by Crippen LogP contribution is -2.06. The number of hydrogen-bond acceptors (Lipinski definition) is 8. The highest BCUT2D eigenvalue weighted by molar-refractivity contribution is 9.11. The van der Waals surface area contributed by atoms with Gasteiger partial charge in [-0.15, -0.1) is 0 Å². The molecule has 10 nitrogen and oxygen atoms in total. The first-order chi connectivity index (χ1) is 17.1. The second kappa shape index (κ2) is 10.6. The van der Waals surface area contributed by atoms with Crippen LogP contribution < -0.4 is 4.74 Å². The smallest absolute Gasteiger partial charge is 0.363 e. The Hall–Kier alpha value is -3.61. The molecule has 3 aromatic rings. The van der Waals surface area contributed by atoms with Crippen LogP contribution in [0, 0.1) is 20.2 Å². The number of ether oxygens (including phenoxy) is 2. The molecule has 13 heteroatoms. The predicted molar refractivity (Wildman–Crippen MR) is 138 cm³/mol. The molecule has 4 rings (SSSR count). The Morgan fingerprint density at radius 1 is 1.00 bits per heavy atom. The SMILES string of the molecule is O=C1OC(c2ccc([N+](=O)[O-])cc2Cl)=N/C1=C\c1cc(Br)c(OCc2cccc([N+](=O)[O-])c2)c(Br)c1. The van der Waals surface area contributed by atoms with E-state index in [-0.39, 0.29) is 40.2 Å². The molecule has 1 aliphatic rings. The fourth-order valence-electron chi connectivity index (χ4n) is 3.19. The summed E-state index contributed by atoms with van der Waals surface area (Å²) in [6.07, 6.45) is 1.49. The van der Waals surface area contributed by atoms with Crippen LogP contribution in [0.4, 0.5) is 11.4 Å².